The Hall–Kier alpha value is -0.0800. The molecule has 1 aliphatic heterocycles. The van der Waals surface area contributed by atoms with Crippen molar-refractivity contribution in [2.45, 2.75) is 84.9 Å². The summed E-state index contributed by atoms with van der Waals surface area (Å²) < 4.78 is 5.73. The van der Waals surface area contributed by atoms with E-state index in [1.807, 2.05) is 0 Å². The fourth-order valence-electron chi connectivity index (χ4n) is 3.23. The van der Waals surface area contributed by atoms with Gasteiger partial charge in [0, 0.05) is 18.2 Å². The highest BCUT2D eigenvalue weighted by Gasteiger charge is 2.30. The molecule has 0 aromatic carbocycles. The van der Waals surface area contributed by atoms with Gasteiger partial charge in [-0.05, 0) is 44.9 Å². The lowest BCUT2D eigenvalue weighted by molar-refractivity contribution is -0.00611. The van der Waals surface area contributed by atoms with Crippen molar-refractivity contribution in [2.24, 2.45) is 5.41 Å². The maximum Gasteiger partial charge on any atom is 0.0587 e. The number of rotatable bonds is 4. The van der Waals surface area contributed by atoms with Gasteiger partial charge in [0.05, 0.1) is 6.10 Å². The van der Waals surface area contributed by atoms with Gasteiger partial charge < -0.3 is 10.1 Å². The van der Waals surface area contributed by atoms with Crippen LogP contribution in [-0.2, 0) is 4.74 Å². The van der Waals surface area contributed by atoms with Crippen LogP contribution in [0.3, 0.4) is 0 Å². The zero-order valence-corrected chi connectivity index (χ0v) is 12.6. The Bertz CT molecular complexity index is 230. The van der Waals surface area contributed by atoms with Gasteiger partial charge in [-0.1, -0.05) is 27.7 Å². The molecular formula is C15H31NO. The molecule has 0 radical (unpaired) electrons. The van der Waals surface area contributed by atoms with E-state index in [2.05, 4.69) is 46.9 Å². The zero-order valence-electron chi connectivity index (χ0n) is 12.6. The third-order valence-electron chi connectivity index (χ3n) is 3.39. The molecule has 0 saturated carbocycles. The molecule has 102 valence electrons. The second-order valence-electron chi connectivity index (χ2n) is 7.39. The quantitative estimate of drug-likeness (QED) is 0.809. The maximum absolute atomic E-state index is 5.73. The summed E-state index contributed by atoms with van der Waals surface area (Å²) >= 11 is 0. The van der Waals surface area contributed by atoms with Gasteiger partial charge >= 0.3 is 0 Å². The van der Waals surface area contributed by atoms with E-state index >= 15 is 0 Å². The van der Waals surface area contributed by atoms with Gasteiger partial charge in [-0.15, -0.1) is 0 Å². The number of hydrogen-bond acceptors (Lipinski definition) is 2. The minimum atomic E-state index is 0.221. The van der Waals surface area contributed by atoms with E-state index in [9.17, 15) is 0 Å². The van der Waals surface area contributed by atoms with Gasteiger partial charge in [0.1, 0.15) is 0 Å². The van der Waals surface area contributed by atoms with Crippen LogP contribution in [0.5, 0.6) is 0 Å². The highest BCUT2D eigenvalue weighted by Crippen LogP contribution is 2.28. The van der Waals surface area contributed by atoms with Crippen molar-refractivity contribution >= 4 is 0 Å². The van der Waals surface area contributed by atoms with Gasteiger partial charge in [-0.25, -0.2) is 0 Å². The van der Waals surface area contributed by atoms with Crippen LogP contribution in [0, 0.1) is 5.41 Å². The molecule has 17 heavy (non-hydrogen) atoms. The Morgan fingerprint density at radius 2 is 1.82 bits per heavy atom. The Kier molecular flexibility index (Phi) is 5.03. The Labute approximate surface area is 108 Å². The van der Waals surface area contributed by atoms with Crippen molar-refractivity contribution in [1.29, 1.82) is 0 Å². The fraction of sp³-hybridized carbons (Fsp3) is 1.00. The molecule has 0 aromatic heterocycles. The molecule has 1 N–H and O–H groups in total. The smallest absolute Gasteiger partial charge is 0.0587 e. The van der Waals surface area contributed by atoms with E-state index in [-0.39, 0.29) is 5.54 Å². The third kappa shape index (κ3) is 5.87. The molecular weight excluding hydrogens is 210 g/mol. The van der Waals surface area contributed by atoms with Gasteiger partial charge in [0.2, 0.25) is 0 Å². The monoisotopic (exact) mass is 241 g/mol. The van der Waals surface area contributed by atoms with E-state index in [1.54, 1.807) is 0 Å². The Morgan fingerprint density at radius 1 is 1.18 bits per heavy atom. The van der Waals surface area contributed by atoms with Gasteiger partial charge in [-0.2, -0.15) is 0 Å². The van der Waals surface area contributed by atoms with Crippen LogP contribution >= 0.6 is 0 Å². The van der Waals surface area contributed by atoms with Crippen LogP contribution in [0.4, 0.5) is 0 Å². The first-order chi connectivity index (χ1) is 7.72. The molecule has 1 saturated heterocycles. The lowest BCUT2D eigenvalue weighted by Crippen LogP contribution is -2.51. The van der Waals surface area contributed by atoms with Crippen molar-refractivity contribution in [3.05, 3.63) is 0 Å². The first kappa shape index (κ1) is 15.0. The predicted octanol–water partition coefficient (Wildman–Crippen LogP) is 3.75. The standard InChI is InChI=1S/C15H31NO/c1-7-13-10-12(8-9-17-13)16-15(5,6)11-14(2,3)4/h12-13,16H,7-11H2,1-6H3. The van der Waals surface area contributed by atoms with Crippen LogP contribution in [0.1, 0.15) is 67.2 Å². The summed E-state index contributed by atoms with van der Waals surface area (Å²) in [5.41, 5.74) is 0.602. The summed E-state index contributed by atoms with van der Waals surface area (Å²) in [6.45, 7) is 14.7. The van der Waals surface area contributed by atoms with Gasteiger partial charge in [0.25, 0.3) is 0 Å². The molecule has 0 bridgehead atoms. The summed E-state index contributed by atoms with van der Waals surface area (Å²) in [4.78, 5) is 0. The Morgan fingerprint density at radius 3 is 2.35 bits per heavy atom. The van der Waals surface area contributed by atoms with Crippen molar-refractivity contribution < 1.29 is 4.74 Å². The Balaban J connectivity index is 2.46. The highest BCUT2D eigenvalue weighted by atomic mass is 16.5. The molecule has 1 aliphatic rings. The van der Waals surface area contributed by atoms with Crippen LogP contribution < -0.4 is 5.32 Å². The highest BCUT2D eigenvalue weighted by molar-refractivity contribution is 4.88. The zero-order chi connectivity index (χ0) is 13.1. The fourth-order valence-corrected chi connectivity index (χ4v) is 3.23. The molecule has 2 nitrogen and oxygen atoms in total. The van der Waals surface area contributed by atoms with Crippen LogP contribution in [0.25, 0.3) is 0 Å². The van der Waals surface area contributed by atoms with Crippen molar-refractivity contribution in [2.75, 3.05) is 6.61 Å². The van der Waals surface area contributed by atoms with Crippen molar-refractivity contribution in [1.82, 2.24) is 5.32 Å². The number of hydrogen-bond donors (Lipinski definition) is 1. The summed E-state index contributed by atoms with van der Waals surface area (Å²) in [7, 11) is 0. The molecule has 1 fully saturated rings. The molecule has 2 heteroatoms. The van der Waals surface area contributed by atoms with Crippen LogP contribution in [0.15, 0.2) is 0 Å². The average molecular weight is 241 g/mol. The van der Waals surface area contributed by atoms with E-state index in [0.29, 0.717) is 17.6 Å². The van der Waals surface area contributed by atoms with E-state index in [0.717, 1.165) is 19.4 Å². The second-order valence-corrected chi connectivity index (χ2v) is 7.39. The normalized spacial score (nSPS) is 27.2. The summed E-state index contributed by atoms with van der Waals surface area (Å²) in [6.07, 6.45) is 5.13. The van der Waals surface area contributed by atoms with Crippen molar-refractivity contribution in [3.63, 3.8) is 0 Å². The first-order valence-corrected chi connectivity index (χ1v) is 7.11. The molecule has 0 aromatic rings. The third-order valence-corrected chi connectivity index (χ3v) is 3.39. The van der Waals surface area contributed by atoms with E-state index < -0.39 is 0 Å². The van der Waals surface area contributed by atoms with Crippen molar-refractivity contribution in [3.8, 4) is 0 Å². The summed E-state index contributed by atoms with van der Waals surface area (Å²) in [5.74, 6) is 0. The topological polar surface area (TPSA) is 21.3 Å². The lowest BCUT2D eigenvalue weighted by Gasteiger charge is -2.39. The molecule has 0 aliphatic carbocycles. The van der Waals surface area contributed by atoms with Crippen LogP contribution in [0.2, 0.25) is 0 Å². The largest absolute Gasteiger partial charge is 0.378 e. The van der Waals surface area contributed by atoms with Crippen LogP contribution in [-0.4, -0.2) is 24.3 Å². The summed E-state index contributed by atoms with van der Waals surface area (Å²) in [5, 5.41) is 3.84. The number of nitrogens with one attached hydrogen (secondary N) is 1. The van der Waals surface area contributed by atoms with Gasteiger partial charge in [0.15, 0.2) is 0 Å². The molecule has 0 amide bonds. The van der Waals surface area contributed by atoms with E-state index in [4.69, 9.17) is 4.74 Å². The second kappa shape index (κ2) is 5.71. The average Bonchev–Trinajstić information content (AvgIpc) is 2.13. The number of ether oxygens (including phenoxy) is 1. The molecule has 2 atom stereocenters. The SMILES string of the molecule is CCC1CC(NC(C)(C)CC(C)(C)C)CCO1. The minimum absolute atomic E-state index is 0.221. The van der Waals surface area contributed by atoms with E-state index in [1.165, 1.54) is 12.8 Å². The first-order valence-electron chi connectivity index (χ1n) is 7.11. The molecule has 0 spiro atoms. The molecule has 2 unspecified atom stereocenters. The molecule has 1 heterocycles. The van der Waals surface area contributed by atoms with Gasteiger partial charge in [-0.3, -0.25) is 0 Å². The molecule has 1 rings (SSSR count). The predicted molar refractivity (Wildman–Crippen MR) is 74.3 cm³/mol. The maximum atomic E-state index is 5.73. The lowest BCUT2D eigenvalue weighted by atomic mass is 9.81. The summed E-state index contributed by atoms with van der Waals surface area (Å²) in [6, 6.07) is 0.631. The minimum Gasteiger partial charge on any atom is -0.378 e.